The fourth-order valence-electron chi connectivity index (χ4n) is 2.56. The highest BCUT2D eigenvalue weighted by atomic mass is 35.5. The minimum atomic E-state index is -0.0194. The summed E-state index contributed by atoms with van der Waals surface area (Å²) in [5, 5.41) is 10.7. The number of hydrogen-bond donors (Lipinski definition) is 1. The Hall–Kier alpha value is -1.65. The molecule has 1 N–H and O–H groups in total. The van der Waals surface area contributed by atoms with Gasteiger partial charge in [-0.3, -0.25) is 9.78 Å². The van der Waals surface area contributed by atoms with Gasteiger partial charge < -0.3 is 10.0 Å². The van der Waals surface area contributed by atoms with E-state index in [0.717, 1.165) is 29.4 Å². The van der Waals surface area contributed by atoms with Crippen LogP contribution in [0.2, 0.25) is 5.02 Å². The molecule has 3 rings (SSSR count). The van der Waals surface area contributed by atoms with Crippen LogP contribution >= 0.6 is 11.6 Å². The Morgan fingerprint density at radius 2 is 2.30 bits per heavy atom. The van der Waals surface area contributed by atoms with Crippen LogP contribution in [0, 0.1) is 0 Å². The lowest BCUT2D eigenvalue weighted by Gasteiger charge is -2.40. The number of fused-ring (bicyclic) bond motifs is 1. The van der Waals surface area contributed by atoms with E-state index in [2.05, 4.69) is 4.98 Å². The summed E-state index contributed by atoms with van der Waals surface area (Å²) in [5.41, 5.74) is 1.65. The Morgan fingerprint density at radius 1 is 1.45 bits per heavy atom. The predicted octanol–water partition coefficient (Wildman–Crippen LogP) is 2.02. The van der Waals surface area contributed by atoms with Crippen LogP contribution in [-0.4, -0.2) is 40.1 Å². The van der Waals surface area contributed by atoms with Crippen LogP contribution in [0.25, 0.3) is 10.9 Å². The summed E-state index contributed by atoms with van der Waals surface area (Å²) in [6.45, 7) is 0.758. The molecule has 1 aliphatic rings. The second-order valence-corrected chi connectivity index (χ2v) is 5.40. The number of benzene rings is 1. The molecule has 1 aliphatic heterocycles. The van der Waals surface area contributed by atoms with E-state index in [1.54, 1.807) is 17.2 Å². The van der Waals surface area contributed by atoms with Crippen molar-refractivity contribution in [2.45, 2.75) is 18.9 Å². The highest BCUT2D eigenvalue weighted by Crippen LogP contribution is 2.26. The van der Waals surface area contributed by atoms with E-state index in [-0.39, 0.29) is 18.6 Å². The molecule has 5 heteroatoms. The Bertz CT molecular complexity index is 657. The first-order valence-electron chi connectivity index (χ1n) is 6.63. The maximum absolute atomic E-state index is 12.2. The third-order valence-electron chi connectivity index (χ3n) is 3.82. The van der Waals surface area contributed by atoms with Crippen LogP contribution < -0.4 is 0 Å². The van der Waals surface area contributed by atoms with Crippen molar-refractivity contribution in [2.24, 2.45) is 0 Å². The van der Waals surface area contributed by atoms with E-state index >= 15 is 0 Å². The molecular weight excluding hydrogens is 276 g/mol. The Kier molecular flexibility index (Phi) is 3.59. The summed E-state index contributed by atoms with van der Waals surface area (Å²) >= 11 is 6.14. The van der Waals surface area contributed by atoms with E-state index in [4.69, 9.17) is 16.7 Å². The van der Waals surface area contributed by atoms with Gasteiger partial charge in [0.25, 0.3) is 0 Å². The van der Waals surface area contributed by atoms with Crippen molar-refractivity contribution >= 4 is 28.4 Å². The smallest absolute Gasteiger partial charge is 0.227 e. The molecule has 104 valence electrons. The van der Waals surface area contributed by atoms with Gasteiger partial charge >= 0.3 is 0 Å². The molecule has 0 radical (unpaired) electrons. The lowest BCUT2D eigenvalue weighted by Crippen LogP contribution is -2.53. The van der Waals surface area contributed by atoms with E-state index in [9.17, 15) is 4.79 Å². The molecule has 0 bridgehead atoms. The Morgan fingerprint density at radius 3 is 3.00 bits per heavy atom. The summed E-state index contributed by atoms with van der Waals surface area (Å²) in [4.78, 5) is 18.3. The molecule has 1 saturated heterocycles. The van der Waals surface area contributed by atoms with E-state index < -0.39 is 0 Å². The number of carbonyl (C=O) groups excluding carboxylic acids is 1. The minimum absolute atomic E-state index is 0.0194. The van der Waals surface area contributed by atoms with Gasteiger partial charge in [0.05, 0.1) is 24.6 Å². The molecular formula is C15H15ClN2O2. The molecule has 2 aromatic rings. The van der Waals surface area contributed by atoms with Crippen molar-refractivity contribution in [3.05, 3.63) is 41.0 Å². The molecule has 2 heterocycles. The summed E-state index contributed by atoms with van der Waals surface area (Å²) in [5.74, 6) is 0.0320. The number of rotatable bonds is 3. The summed E-state index contributed by atoms with van der Waals surface area (Å²) < 4.78 is 0. The summed E-state index contributed by atoms with van der Waals surface area (Å²) in [7, 11) is 0. The third-order valence-corrected chi connectivity index (χ3v) is 4.15. The normalized spacial score (nSPS) is 18.1. The SMILES string of the molecule is O=C(Cc1ccc(Cl)c2cccnc12)N1CCC1CO. The highest BCUT2D eigenvalue weighted by Gasteiger charge is 2.31. The van der Waals surface area contributed by atoms with E-state index in [1.165, 1.54) is 0 Å². The number of nitrogens with zero attached hydrogens (tertiary/aromatic N) is 2. The zero-order valence-corrected chi connectivity index (χ0v) is 11.7. The standard InChI is InChI=1S/C15H15ClN2O2/c16-13-4-3-10(15-12(13)2-1-6-17-15)8-14(20)18-7-5-11(18)9-19/h1-4,6,11,19H,5,7-9H2. The summed E-state index contributed by atoms with van der Waals surface area (Å²) in [6.07, 6.45) is 2.87. The van der Waals surface area contributed by atoms with Crippen LogP contribution in [0.4, 0.5) is 0 Å². The van der Waals surface area contributed by atoms with Crippen molar-refractivity contribution in [3.8, 4) is 0 Å². The van der Waals surface area contributed by atoms with Crippen LogP contribution in [0.15, 0.2) is 30.5 Å². The number of aliphatic hydroxyl groups excluding tert-OH is 1. The zero-order valence-electron chi connectivity index (χ0n) is 10.9. The largest absolute Gasteiger partial charge is 0.394 e. The number of amides is 1. The molecule has 1 atom stereocenters. The zero-order chi connectivity index (χ0) is 14.1. The van der Waals surface area contributed by atoms with Crippen molar-refractivity contribution in [1.82, 2.24) is 9.88 Å². The Labute approximate surface area is 122 Å². The van der Waals surface area contributed by atoms with Crippen molar-refractivity contribution < 1.29 is 9.90 Å². The average molecular weight is 291 g/mol. The molecule has 0 aliphatic carbocycles. The van der Waals surface area contributed by atoms with Gasteiger partial charge in [-0.15, -0.1) is 0 Å². The van der Waals surface area contributed by atoms with Gasteiger partial charge in [0.15, 0.2) is 0 Å². The number of aliphatic hydroxyl groups is 1. The molecule has 1 fully saturated rings. The number of pyridine rings is 1. The monoisotopic (exact) mass is 290 g/mol. The van der Waals surface area contributed by atoms with Crippen LogP contribution in [0.1, 0.15) is 12.0 Å². The highest BCUT2D eigenvalue weighted by molar-refractivity contribution is 6.35. The third kappa shape index (κ3) is 2.25. The van der Waals surface area contributed by atoms with Crippen molar-refractivity contribution in [3.63, 3.8) is 0 Å². The first-order chi connectivity index (χ1) is 9.70. The van der Waals surface area contributed by atoms with Crippen LogP contribution in [0.3, 0.4) is 0 Å². The average Bonchev–Trinajstić information content (AvgIpc) is 2.42. The second-order valence-electron chi connectivity index (χ2n) is 5.00. The lowest BCUT2D eigenvalue weighted by molar-refractivity contribution is -0.139. The van der Waals surface area contributed by atoms with Gasteiger partial charge in [0.2, 0.25) is 5.91 Å². The molecule has 1 unspecified atom stereocenters. The molecule has 1 aromatic heterocycles. The van der Waals surface area contributed by atoms with Gasteiger partial charge in [0.1, 0.15) is 0 Å². The fourth-order valence-corrected chi connectivity index (χ4v) is 2.78. The molecule has 0 spiro atoms. The first-order valence-corrected chi connectivity index (χ1v) is 7.01. The quantitative estimate of drug-likeness (QED) is 0.941. The van der Waals surface area contributed by atoms with Gasteiger partial charge in [-0.2, -0.15) is 0 Å². The van der Waals surface area contributed by atoms with Crippen molar-refractivity contribution in [1.29, 1.82) is 0 Å². The molecule has 20 heavy (non-hydrogen) atoms. The van der Waals surface area contributed by atoms with Crippen LogP contribution in [0.5, 0.6) is 0 Å². The lowest BCUT2D eigenvalue weighted by atomic mass is 10.0. The van der Waals surface area contributed by atoms with E-state index in [0.29, 0.717) is 11.4 Å². The molecule has 4 nitrogen and oxygen atoms in total. The maximum Gasteiger partial charge on any atom is 0.227 e. The molecule has 0 saturated carbocycles. The first kappa shape index (κ1) is 13.3. The topological polar surface area (TPSA) is 53.4 Å². The maximum atomic E-state index is 12.2. The number of carbonyl (C=O) groups is 1. The summed E-state index contributed by atoms with van der Waals surface area (Å²) in [6, 6.07) is 7.36. The molecule has 1 amide bonds. The van der Waals surface area contributed by atoms with Crippen molar-refractivity contribution in [2.75, 3.05) is 13.2 Å². The number of likely N-dealkylation sites (tertiary alicyclic amines) is 1. The number of aromatic nitrogens is 1. The van der Waals surface area contributed by atoms with Gasteiger partial charge in [-0.1, -0.05) is 17.7 Å². The Balaban J connectivity index is 1.88. The number of hydrogen-bond acceptors (Lipinski definition) is 3. The van der Waals surface area contributed by atoms with Gasteiger partial charge in [0, 0.05) is 23.2 Å². The van der Waals surface area contributed by atoms with Crippen LogP contribution in [-0.2, 0) is 11.2 Å². The molecule has 1 aromatic carbocycles. The second kappa shape index (κ2) is 5.38. The van der Waals surface area contributed by atoms with Gasteiger partial charge in [-0.05, 0) is 30.2 Å². The van der Waals surface area contributed by atoms with Gasteiger partial charge in [-0.25, -0.2) is 0 Å². The van der Waals surface area contributed by atoms with E-state index in [1.807, 2.05) is 18.2 Å². The fraction of sp³-hybridized carbons (Fsp3) is 0.333. The predicted molar refractivity (Wildman–Crippen MR) is 77.7 cm³/mol. The number of halogens is 1. The minimum Gasteiger partial charge on any atom is -0.394 e.